The van der Waals surface area contributed by atoms with Gasteiger partial charge in [0.15, 0.2) is 11.5 Å². The van der Waals surface area contributed by atoms with Crippen molar-refractivity contribution in [3.05, 3.63) is 12.1 Å². The van der Waals surface area contributed by atoms with E-state index < -0.39 is 5.97 Å². The van der Waals surface area contributed by atoms with Gasteiger partial charge in [0.25, 0.3) is 0 Å². The van der Waals surface area contributed by atoms with Gasteiger partial charge in [-0.3, -0.25) is 4.79 Å². The lowest BCUT2D eigenvalue weighted by Crippen LogP contribution is -2.09. The summed E-state index contributed by atoms with van der Waals surface area (Å²) >= 11 is 5.30. The number of hydrogen-bond donors (Lipinski definition) is 1. The van der Waals surface area contributed by atoms with E-state index in [4.69, 9.17) is 25.8 Å². The summed E-state index contributed by atoms with van der Waals surface area (Å²) < 4.78 is 14.7. The van der Waals surface area contributed by atoms with Gasteiger partial charge in [-0.15, -0.1) is 11.6 Å². The largest absolute Gasteiger partial charge is 0.504 e. The van der Waals surface area contributed by atoms with Crippen molar-refractivity contribution >= 4 is 17.6 Å². The van der Waals surface area contributed by atoms with Crippen LogP contribution in [0.5, 0.6) is 23.0 Å². The summed E-state index contributed by atoms with van der Waals surface area (Å²) in [6.45, 7) is 0. The first-order valence-electron chi connectivity index (χ1n) is 4.34. The predicted molar refractivity (Wildman–Crippen MR) is 57.6 cm³/mol. The first-order chi connectivity index (χ1) is 7.62. The SMILES string of the molecule is COc1cc(O)c(OC)c(OC(=O)CCl)c1. The number of esters is 1. The Morgan fingerprint density at radius 2 is 2.06 bits per heavy atom. The maximum atomic E-state index is 11.0. The van der Waals surface area contributed by atoms with Crippen molar-refractivity contribution in [1.29, 1.82) is 0 Å². The second kappa shape index (κ2) is 5.46. The van der Waals surface area contributed by atoms with Crippen LogP contribution in [0.2, 0.25) is 0 Å². The van der Waals surface area contributed by atoms with E-state index in [9.17, 15) is 9.90 Å². The summed E-state index contributed by atoms with van der Waals surface area (Å²) in [5.41, 5.74) is 0. The molecule has 1 N–H and O–H groups in total. The van der Waals surface area contributed by atoms with Gasteiger partial charge in [-0.1, -0.05) is 0 Å². The minimum absolute atomic E-state index is 0.0549. The molecule has 5 nitrogen and oxygen atoms in total. The monoisotopic (exact) mass is 246 g/mol. The Morgan fingerprint density at radius 3 is 2.56 bits per heavy atom. The number of rotatable bonds is 4. The van der Waals surface area contributed by atoms with E-state index in [0.717, 1.165) is 0 Å². The summed E-state index contributed by atoms with van der Waals surface area (Å²) in [7, 11) is 2.77. The van der Waals surface area contributed by atoms with E-state index in [1.54, 1.807) is 0 Å². The molecule has 0 saturated heterocycles. The zero-order valence-corrected chi connectivity index (χ0v) is 9.58. The Hall–Kier alpha value is -1.62. The van der Waals surface area contributed by atoms with Crippen LogP contribution in [0, 0.1) is 0 Å². The summed E-state index contributed by atoms with van der Waals surface area (Å²) in [5.74, 6) is -0.659. The molecule has 16 heavy (non-hydrogen) atoms. The lowest BCUT2D eigenvalue weighted by Gasteiger charge is -2.11. The van der Waals surface area contributed by atoms with Crippen LogP contribution in [0.3, 0.4) is 0 Å². The minimum atomic E-state index is -0.646. The number of benzene rings is 1. The van der Waals surface area contributed by atoms with Gasteiger partial charge in [0, 0.05) is 12.1 Å². The molecular formula is C10H11ClO5. The van der Waals surface area contributed by atoms with Gasteiger partial charge in [-0.05, 0) is 0 Å². The normalized spacial score (nSPS) is 9.69. The van der Waals surface area contributed by atoms with E-state index in [1.807, 2.05) is 0 Å². The van der Waals surface area contributed by atoms with Gasteiger partial charge in [0.1, 0.15) is 11.6 Å². The van der Waals surface area contributed by atoms with Crippen LogP contribution in [0.25, 0.3) is 0 Å². The highest BCUT2D eigenvalue weighted by atomic mass is 35.5. The molecule has 88 valence electrons. The number of carbonyl (C=O) groups is 1. The van der Waals surface area contributed by atoms with Gasteiger partial charge < -0.3 is 19.3 Å². The van der Waals surface area contributed by atoms with E-state index >= 15 is 0 Å². The molecule has 0 unspecified atom stereocenters. The third kappa shape index (κ3) is 2.70. The molecule has 0 aliphatic rings. The van der Waals surface area contributed by atoms with Gasteiger partial charge in [-0.25, -0.2) is 0 Å². The highest BCUT2D eigenvalue weighted by molar-refractivity contribution is 6.26. The number of methoxy groups -OCH3 is 2. The summed E-state index contributed by atoms with van der Waals surface area (Å²) in [6, 6.07) is 2.76. The van der Waals surface area contributed by atoms with Gasteiger partial charge in [0.2, 0.25) is 5.75 Å². The Morgan fingerprint density at radius 1 is 1.38 bits per heavy atom. The zero-order valence-electron chi connectivity index (χ0n) is 8.82. The Labute approximate surface area is 97.5 Å². The standard InChI is InChI=1S/C10H11ClO5/c1-14-6-3-7(12)10(15-2)8(4-6)16-9(13)5-11/h3-4,12H,5H2,1-2H3. The van der Waals surface area contributed by atoms with Crippen LogP contribution in [0.15, 0.2) is 12.1 Å². The molecule has 0 saturated carbocycles. The molecule has 1 aromatic rings. The summed E-state index contributed by atoms with van der Waals surface area (Å²) in [6.07, 6.45) is 0. The van der Waals surface area contributed by atoms with Crippen LogP contribution in [-0.4, -0.2) is 31.2 Å². The molecule has 0 radical (unpaired) electrons. The maximum absolute atomic E-state index is 11.0. The fraction of sp³-hybridized carbons (Fsp3) is 0.300. The van der Waals surface area contributed by atoms with Crippen molar-refractivity contribution in [3.63, 3.8) is 0 Å². The first-order valence-corrected chi connectivity index (χ1v) is 4.87. The Balaban J connectivity index is 3.12. The molecule has 0 spiro atoms. The highest BCUT2D eigenvalue weighted by Gasteiger charge is 2.15. The van der Waals surface area contributed by atoms with Gasteiger partial charge in [-0.2, -0.15) is 0 Å². The minimum Gasteiger partial charge on any atom is -0.504 e. The van der Waals surface area contributed by atoms with Crippen molar-refractivity contribution in [1.82, 2.24) is 0 Å². The molecule has 0 aliphatic carbocycles. The number of ether oxygens (including phenoxy) is 3. The molecule has 0 amide bonds. The number of aromatic hydroxyl groups is 1. The predicted octanol–water partition coefficient (Wildman–Crippen LogP) is 1.55. The number of alkyl halides is 1. The van der Waals surface area contributed by atoms with Gasteiger partial charge >= 0.3 is 5.97 Å². The number of carbonyl (C=O) groups excluding carboxylic acids is 1. The van der Waals surface area contributed by atoms with Crippen LogP contribution >= 0.6 is 11.6 Å². The lowest BCUT2D eigenvalue weighted by molar-refractivity contribution is -0.131. The van der Waals surface area contributed by atoms with Crippen molar-refractivity contribution in [2.45, 2.75) is 0 Å². The molecule has 0 atom stereocenters. The topological polar surface area (TPSA) is 65.0 Å². The fourth-order valence-electron chi connectivity index (χ4n) is 1.11. The molecule has 0 bridgehead atoms. The molecule has 0 aromatic heterocycles. The van der Waals surface area contributed by atoms with E-state index in [0.29, 0.717) is 5.75 Å². The Bertz CT molecular complexity index is 391. The summed E-state index contributed by atoms with van der Waals surface area (Å²) in [5, 5.41) is 9.56. The van der Waals surface area contributed by atoms with Crippen molar-refractivity contribution in [2.24, 2.45) is 0 Å². The zero-order chi connectivity index (χ0) is 12.1. The van der Waals surface area contributed by atoms with E-state index in [-0.39, 0.29) is 23.1 Å². The fourth-order valence-corrected chi connectivity index (χ4v) is 1.17. The molecule has 0 heterocycles. The van der Waals surface area contributed by atoms with Crippen LogP contribution < -0.4 is 14.2 Å². The molecule has 0 fully saturated rings. The first kappa shape index (κ1) is 12.4. The number of halogens is 1. The van der Waals surface area contributed by atoms with Crippen molar-refractivity contribution in [3.8, 4) is 23.0 Å². The molecule has 1 aromatic carbocycles. The maximum Gasteiger partial charge on any atom is 0.326 e. The average molecular weight is 247 g/mol. The highest BCUT2D eigenvalue weighted by Crippen LogP contribution is 2.40. The number of phenolic OH excluding ortho intramolecular Hbond substituents is 1. The summed E-state index contributed by atoms with van der Waals surface area (Å²) in [4.78, 5) is 11.0. The second-order valence-corrected chi connectivity index (χ2v) is 3.05. The van der Waals surface area contributed by atoms with Crippen LogP contribution in [0.1, 0.15) is 0 Å². The van der Waals surface area contributed by atoms with Crippen LogP contribution in [-0.2, 0) is 4.79 Å². The molecular weight excluding hydrogens is 236 g/mol. The molecule has 6 heteroatoms. The van der Waals surface area contributed by atoms with Crippen LogP contribution in [0.4, 0.5) is 0 Å². The number of phenols is 1. The molecule has 1 rings (SSSR count). The van der Waals surface area contributed by atoms with Crippen molar-refractivity contribution in [2.75, 3.05) is 20.1 Å². The number of hydrogen-bond acceptors (Lipinski definition) is 5. The van der Waals surface area contributed by atoms with E-state index in [2.05, 4.69) is 0 Å². The molecule has 0 aliphatic heterocycles. The second-order valence-electron chi connectivity index (χ2n) is 2.79. The van der Waals surface area contributed by atoms with Crippen molar-refractivity contribution < 1.29 is 24.1 Å². The van der Waals surface area contributed by atoms with Gasteiger partial charge in [0.05, 0.1) is 14.2 Å². The third-order valence-corrected chi connectivity index (χ3v) is 2.00. The third-order valence-electron chi connectivity index (χ3n) is 1.78. The van der Waals surface area contributed by atoms with E-state index in [1.165, 1.54) is 26.4 Å². The average Bonchev–Trinajstić information content (AvgIpc) is 2.28. The smallest absolute Gasteiger partial charge is 0.326 e. The Kier molecular flexibility index (Phi) is 4.25. The lowest BCUT2D eigenvalue weighted by atomic mass is 10.2. The quantitative estimate of drug-likeness (QED) is 0.496.